The lowest BCUT2D eigenvalue weighted by Crippen LogP contribution is -2.29. The number of aliphatic hydroxyl groups is 1. The van der Waals surface area contributed by atoms with Gasteiger partial charge in [0.05, 0.1) is 6.10 Å². The molecule has 100 valence electrons. The van der Waals surface area contributed by atoms with Crippen LogP contribution in [0.5, 0.6) is 0 Å². The van der Waals surface area contributed by atoms with E-state index < -0.39 is 0 Å². The van der Waals surface area contributed by atoms with Gasteiger partial charge in [0.1, 0.15) is 0 Å². The van der Waals surface area contributed by atoms with E-state index in [0.717, 1.165) is 38.5 Å². The number of hydrogen-bond donors (Lipinski definition) is 2. The van der Waals surface area contributed by atoms with E-state index >= 15 is 0 Å². The smallest absolute Gasteiger partial charge is 0.0541 e. The molecular formula is C16H25NO. The van der Waals surface area contributed by atoms with Crippen molar-refractivity contribution in [2.45, 2.75) is 64.5 Å². The Balaban J connectivity index is 2.12. The van der Waals surface area contributed by atoms with Gasteiger partial charge in [0.25, 0.3) is 0 Å². The molecule has 0 bridgehead atoms. The highest BCUT2D eigenvalue weighted by molar-refractivity contribution is 5.58. The SMILES string of the molecule is CCc1cccc(CC)c1NC1CCC(O)CC1. The van der Waals surface area contributed by atoms with Gasteiger partial charge in [-0.15, -0.1) is 0 Å². The molecule has 2 rings (SSSR count). The van der Waals surface area contributed by atoms with E-state index in [2.05, 4.69) is 37.4 Å². The van der Waals surface area contributed by atoms with Gasteiger partial charge >= 0.3 is 0 Å². The van der Waals surface area contributed by atoms with Crippen LogP contribution in [0.3, 0.4) is 0 Å². The molecule has 1 saturated carbocycles. The van der Waals surface area contributed by atoms with Gasteiger partial charge in [-0.2, -0.15) is 0 Å². The topological polar surface area (TPSA) is 32.3 Å². The fourth-order valence-electron chi connectivity index (χ4n) is 2.85. The molecule has 0 radical (unpaired) electrons. The van der Waals surface area contributed by atoms with Gasteiger partial charge in [-0.1, -0.05) is 32.0 Å². The summed E-state index contributed by atoms with van der Waals surface area (Å²) < 4.78 is 0. The summed E-state index contributed by atoms with van der Waals surface area (Å²) in [5.74, 6) is 0. The Bertz CT molecular complexity index is 358. The van der Waals surface area contributed by atoms with Gasteiger partial charge in [0, 0.05) is 11.7 Å². The number of nitrogens with one attached hydrogen (secondary N) is 1. The summed E-state index contributed by atoms with van der Waals surface area (Å²) in [7, 11) is 0. The van der Waals surface area contributed by atoms with E-state index in [1.54, 1.807) is 0 Å². The molecule has 1 aromatic rings. The summed E-state index contributed by atoms with van der Waals surface area (Å²) in [5, 5.41) is 13.3. The fourth-order valence-corrected chi connectivity index (χ4v) is 2.85. The summed E-state index contributed by atoms with van der Waals surface area (Å²) in [6.07, 6.45) is 6.12. The molecule has 0 aromatic heterocycles. The Kier molecular flexibility index (Phi) is 4.65. The molecular weight excluding hydrogens is 222 g/mol. The molecule has 0 saturated heterocycles. The monoisotopic (exact) mass is 247 g/mol. The van der Waals surface area contributed by atoms with E-state index in [1.807, 2.05) is 0 Å². The average molecular weight is 247 g/mol. The lowest BCUT2D eigenvalue weighted by Gasteiger charge is -2.29. The summed E-state index contributed by atoms with van der Waals surface area (Å²) in [5.41, 5.74) is 4.19. The van der Waals surface area contributed by atoms with Gasteiger partial charge in [-0.3, -0.25) is 0 Å². The minimum absolute atomic E-state index is 0.0740. The van der Waals surface area contributed by atoms with Crippen molar-refractivity contribution in [2.75, 3.05) is 5.32 Å². The first-order valence-corrected chi connectivity index (χ1v) is 7.30. The van der Waals surface area contributed by atoms with Gasteiger partial charge in [0.2, 0.25) is 0 Å². The summed E-state index contributed by atoms with van der Waals surface area (Å²) in [6, 6.07) is 7.14. The third kappa shape index (κ3) is 3.05. The summed E-state index contributed by atoms with van der Waals surface area (Å²) in [6.45, 7) is 4.43. The van der Waals surface area contributed by atoms with E-state index in [-0.39, 0.29) is 6.10 Å². The fraction of sp³-hybridized carbons (Fsp3) is 0.625. The van der Waals surface area contributed by atoms with Gasteiger partial charge in [0.15, 0.2) is 0 Å². The molecule has 0 amide bonds. The number of aryl methyl sites for hydroxylation is 2. The average Bonchev–Trinajstić information content (AvgIpc) is 2.41. The Labute approximate surface area is 110 Å². The summed E-state index contributed by atoms with van der Waals surface area (Å²) >= 11 is 0. The van der Waals surface area contributed by atoms with Crippen LogP contribution in [0.1, 0.15) is 50.7 Å². The van der Waals surface area contributed by atoms with Crippen LogP contribution in [0.2, 0.25) is 0 Å². The normalized spacial score (nSPS) is 23.9. The van der Waals surface area contributed by atoms with Crippen LogP contribution in [-0.2, 0) is 12.8 Å². The van der Waals surface area contributed by atoms with Crippen molar-refractivity contribution in [1.82, 2.24) is 0 Å². The van der Waals surface area contributed by atoms with Crippen LogP contribution in [0.25, 0.3) is 0 Å². The molecule has 0 spiro atoms. The second kappa shape index (κ2) is 6.24. The van der Waals surface area contributed by atoms with Crippen LogP contribution in [0.15, 0.2) is 18.2 Å². The predicted octanol–water partition coefficient (Wildman–Crippen LogP) is 3.53. The van der Waals surface area contributed by atoms with Crippen molar-refractivity contribution in [2.24, 2.45) is 0 Å². The maximum Gasteiger partial charge on any atom is 0.0541 e. The third-order valence-electron chi connectivity index (χ3n) is 4.04. The number of hydrogen-bond acceptors (Lipinski definition) is 2. The molecule has 2 nitrogen and oxygen atoms in total. The van der Waals surface area contributed by atoms with Crippen LogP contribution < -0.4 is 5.32 Å². The largest absolute Gasteiger partial charge is 0.393 e. The van der Waals surface area contributed by atoms with Gasteiger partial charge in [-0.25, -0.2) is 0 Å². The maximum absolute atomic E-state index is 9.57. The standard InChI is InChI=1S/C16H25NO/c1-3-12-6-5-7-13(4-2)16(12)17-14-8-10-15(18)11-9-14/h5-7,14-15,17-18H,3-4,8-11H2,1-2H3. The molecule has 1 aliphatic rings. The zero-order valence-corrected chi connectivity index (χ0v) is 11.6. The van der Waals surface area contributed by atoms with Crippen LogP contribution in [-0.4, -0.2) is 17.3 Å². The maximum atomic E-state index is 9.57. The molecule has 0 atom stereocenters. The number of rotatable bonds is 4. The highest BCUT2D eigenvalue weighted by Crippen LogP contribution is 2.27. The highest BCUT2D eigenvalue weighted by Gasteiger charge is 2.20. The van der Waals surface area contributed by atoms with E-state index in [4.69, 9.17) is 0 Å². The minimum Gasteiger partial charge on any atom is -0.393 e. The zero-order chi connectivity index (χ0) is 13.0. The second-order valence-corrected chi connectivity index (χ2v) is 5.31. The molecule has 1 aliphatic carbocycles. The van der Waals surface area contributed by atoms with Crippen molar-refractivity contribution in [3.8, 4) is 0 Å². The first-order chi connectivity index (χ1) is 8.74. The van der Waals surface area contributed by atoms with Crippen molar-refractivity contribution in [3.05, 3.63) is 29.3 Å². The van der Waals surface area contributed by atoms with Gasteiger partial charge < -0.3 is 10.4 Å². The molecule has 0 unspecified atom stereocenters. The molecule has 0 aliphatic heterocycles. The van der Waals surface area contributed by atoms with Crippen molar-refractivity contribution in [3.63, 3.8) is 0 Å². The van der Waals surface area contributed by atoms with E-state index in [1.165, 1.54) is 16.8 Å². The third-order valence-corrected chi connectivity index (χ3v) is 4.04. The number of benzene rings is 1. The Hall–Kier alpha value is -1.02. The number of aliphatic hydroxyl groups excluding tert-OH is 1. The predicted molar refractivity (Wildman–Crippen MR) is 77.1 cm³/mol. The Morgan fingerprint density at radius 2 is 1.61 bits per heavy atom. The molecule has 1 fully saturated rings. The van der Waals surface area contributed by atoms with Crippen LogP contribution >= 0.6 is 0 Å². The van der Waals surface area contributed by atoms with Crippen molar-refractivity contribution >= 4 is 5.69 Å². The highest BCUT2D eigenvalue weighted by atomic mass is 16.3. The molecule has 2 heteroatoms. The minimum atomic E-state index is -0.0740. The van der Waals surface area contributed by atoms with E-state index in [9.17, 15) is 5.11 Å². The van der Waals surface area contributed by atoms with Crippen LogP contribution in [0, 0.1) is 0 Å². The Morgan fingerprint density at radius 1 is 1.06 bits per heavy atom. The first kappa shape index (κ1) is 13.4. The van der Waals surface area contributed by atoms with E-state index in [0.29, 0.717) is 6.04 Å². The van der Waals surface area contributed by atoms with Gasteiger partial charge in [-0.05, 0) is 49.7 Å². The lowest BCUT2D eigenvalue weighted by atomic mass is 9.92. The number of anilines is 1. The molecule has 0 heterocycles. The van der Waals surface area contributed by atoms with Crippen LogP contribution in [0.4, 0.5) is 5.69 Å². The van der Waals surface area contributed by atoms with Crippen molar-refractivity contribution < 1.29 is 5.11 Å². The Morgan fingerprint density at radius 3 is 2.11 bits per heavy atom. The first-order valence-electron chi connectivity index (χ1n) is 7.30. The van der Waals surface area contributed by atoms with Crippen molar-refractivity contribution in [1.29, 1.82) is 0 Å². The zero-order valence-electron chi connectivity index (χ0n) is 11.6. The quantitative estimate of drug-likeness (QED) is 0.853. The molecule has 1 aromatic carbocycles. The number of para-hydroxylation sites is 1. The molecule has 18 heavy (non-hydrogen) atoms. The molecule has 2 N–H and O–H groups in total. The second-order valence-electron chi connectivity index (χ2n) is 5.31. The summed E-state index contributed by atoms with van der Waals surface area (Å²) in [4.78, 5) is 0. The lowest BCUT2D eigenvalue weighted by molar-refractivity contribution is 0.126.